The maximum atomic E-state index is 10.8. The van der Waals surface area contributed by atoms with Crippen LogP contribution < -0.4 is 0 Å². The first-order valence-electron chi connectivity index (χ1n) is 11.3. The number of aliphatic hydroxyl groups is 1. The summed E-state index contributed by atoms with van der Waals surface area (Å²) in [4.78, 5) is 0. The molecule has 0 heterocycles. The molecule has 1 atom stereocenters. The summed E-state index contributed by atoms with van der Waals surface area (Å²) in [6, 6.07) is 10.5. The van der Waals surface area contributed by atoms with Crippen LogP contribution in [0.4, 0.5) is 0 Å². The standard InChI is InChI=1S/C24H41OSi.3ClH.Ta/c1-5-6-7-8-9-10-11-15-18-23(21-26(2,3)4)24(25)20-19-22-16-13-12-14-17-22;;;;/h12-14,16-17,24-25H,5-11,15,18-20H2,1-4H3;3*1H;/q-1;;;;+3/p-3. The van der Waals surface area contributed by atoms with Crippen LogP contribution in [0, 0.1) is 5.70 Å². The van der Waals surface area contributed by atoms with Gasteiger partial charge in [0.25, 0.3) is 0 Å². The second-order valence-corrected chi connectivity index (χ2v) is 27.5. The Balaban J connectivity index is 0.00000192. The van der Waals surface area contributed by atoms with E-state index in [0.29, 0.717) is 0 Å². The van der Waals surface area contributed by atoms with E-state index in [9.17, 15) is 5.11 Å². The van der Waals surface area contributed by atoms with Crippen molar-refractivity contribution in [3.8, 4) is 0 Å². The number of aryl methyl sites for hydroxylation is 1. The molecule has 0 bridgehead atoms. The SMILES string of the molecule is CCCCCCCCCCC(=[C-][Si](C)(C)C)C(O)CCc1ccccc1.[Cl][Ta]([Cl])[Cl]. The van der Waals surface area contributed by atoms with Crippen LogP contribution in [-0.4, -0.2) is 19.3 Å². The fourth-order valence-electron chi connectivity index (χ4n) is 3.37. The molecule has 1 rings (SSSR count). The zero-order valence-corrected chi connectivity index (χ0v) is 25.8. The third kappa shape index (κ3) is 20.6. The molecule has 0 aliphatic carbocycles. The second-order valence-electron chi connectivity index (χ2n) is 8.86. The van der Waals surface area contributed by atoms with Crippen LogP contribution in [0.3, 0.4) is 0 Å². The fourth-order valence-corrected chi connectivity index (χ4v) is 4.62. The Labute approximate surface area is 205 Å². The molecule has 174 valence electrons. The van der Waals surface area contributed by atoms with E-state index in [1.54, 1.807) is 0 Å². The average Bonchev–Trinajstić information content (AvgIpc) is 2.66. The molecule has 0 saturated carbocycles. The van der Waals surface area contributed by atoms with Crippen LogP contribution in [0.5, 0.6) is 0 Å². The predicted molar refractivity (Wildman–Crippen MR) is 136 cm³/mol. The van der Waals surface area contributed by atoms with Crippen molar-refractivity contribution in [2.45, 2.75) is 103 Å². The summed E-state index contributed by atoms with van der Waals surface area (Å²) in [5.74, 6) is 0. The molecule has 0 aliphatic heterocycles. The molecule has 0 amide bonds. The molecule has 0 fully saturated rings. The van der Waals surface area contributed by atoms with E-state index in [2.05, 4.69) is 56.5 Å². The number of hydrogen-bond acceptors (Lipinski definition) is 1. The molecule has 0 aromatic heterocycles. The molecule has 1 N–H and O–H groups in total. The van der Waals surface area contributed by atoms with Gasteiger partial charge < -0.3 is 10.8 Å². The van der Waals surface area contributed by atoms with Crippen molar-refractivity contribution in [1.29, 1.82) is 0 Å². The Morgan fingerprint density at radius 3 is 1.93 bits per heavy atom. The van der Waals surface area contributed by atoms with Gasteiger partial charge in [0.1, 0.15) is 0 Å². The summed E-state index contributed by atoms with van der Waals surface area (Å²) >= 11 is -2.18. The normalized spacial score (nSPS) is 13.2. The molecule has 6 heteroatoms. The Bertz CT molecular complexity index is 544. The van der Waals surface area contributed by atoms with Crippen molar-refractivity contribution in [1.82, 2.24) is 0 Å². The first-order valence-corrected chi connectivity index (χ1v) is 26.7. The van der Waals surface area contributed by atoms with Crippen molar-refractivity contribution in [3.63, 3.8) is 0 Å². The van der Waals surface area contributed by atoms with Gasteiger partial charge in [-0.1, -0.05) is 115 Å². The quantitative estimate of drug-likeness (QED) is 0.120. The average molecular weight is 661 g/mol. The minimum absolute atomic E-state index is 0.327. The van der Waals surface area contributed by atoms with Crippen LogP contribution in [0.2, 0.25) is 19.6 Å². The molecule has 1 nitrogen and oxygen atoms in total. The van der Waals surface area contributed by atoms with Gasteiger partial charge in [-0.2, -0.15) is 0 Å². The minimum atomic E-state index is -2.18. The molecule has 1 aromatic rings. The predicted octanol–water partition coefficient (Wildman–Crippen LogP) is 9.18. The molecule has 0 radical (unpaired) electrons. The van der Waals surface area contributed by atoms with Gasteiger partial charge >= 0.3 is 42.8 Å². The van der Waals surface area contributed by atoms with E-state index < -0.39 is 23.3 Å². The van der Waals surface area contributed by atoms with E-state index in [1.165, 1.54) is 62.5 Å². The van der Waals surface area contributed by atoms with Gasteiger partial charge in [0.2, 0.25) is 0 Å². The van der Waals surface area contributed by atoms with Gasteiger partial charge in [-0.05, 0) is 18.4 Å². The zero-order valence-electron chi connectivity index (χ0n) is 19.3. The molecule has 1 unspecified atom stereocenters. The Morgan fingerprint density at radius 1 is 0.933 bits per heavy atom. The molecule has 0 saturated heterocycles. The molecule has 30 heavy (non-hydrogen) atoms. The third-order valence-electron chi connectivity index (χ3n) is 4.79. The van der Waals surface area contributed by atoms with Crippen molar-refractivity contribution in [2.75, 3.05) is 0 Å². The molecule has 0 aliphatic rings. The van der Waals surface area contributed by atoms with Gasteiger partial charge in [-0.15, -0.1) is 8.07 Å². The van der Waals surface area contributed by atoms with Crippen molar-refractivity contribution >= 4 is 35.6 Å². The molecular formula is C24H41Cl3OSiTa-. The van der Waals surface area contributed by atoms with Crippen LogP contribution in [0.25, 0.3) is 0 Å². The summed E-state index contributed by atoms with van der Waals surface area (Å²) in [5.41, 5.74) is 6.21. The van der Waals surface area contributed by atoms with Gasteiger partial charge in [0.15, 0.2) is 0 Å². The van der Waals surface area contributed by atoms with Crippen LogP contribution >= 0.6 is 27.6 Å². The molecule has 0 spiro atoms. The van der Waals surface area contributed by atoms with Crippen molar-refractivity contribution < 1.29 is 20.3 Å². The number of halogens is 3. The van der Waals surface area contributed by atoms with E-state index in [4.69, 9.17) is 27.6 Å². The van der Waals surface area contributed by atoms with Gasteiger partial charge in [0.05, 0.1) is 0 Å². The van der Waals surface area contributed by atoms with Crippen molar-refractivity contribution in [2.24, 2.45) is 0 Å². The van der Waals surface area contributed by atoms with Crippen LogP contribution in [0.1, 0.15) is 76.7 Å². The number of unbranched alkanes of at least 4 members (excludes halogenated alkanes) is 7. The van der Waals surface area contributed by atoms with E-state index in [0.717, 1.165) is 19.3 Å². The summed E-state index contributed by atoms with van der Waals surface area (Å²) < 4.78 is 0. The Hall–Kier alpha value is 0.747. The number of hydrogen-bond donors (Lipinski definition) is 1. The molecule has 1 aromatic carbocycles. The number of rotatable bonds is 14. The maximum absolute atomic E-state index is 10.8. The topological polar surface area (TPSA) is 20.2 Å². The van der Waals surface area contributed by atoms with E-state index in [-0.39, 0.29) is 6.10 Å². The summed E-state index contributed by atoms with van der Waals surface area (Å²) in [6.45, 7) is 9.20. The zero-order chi connectivity index (χ0) is 22.8. The van der Waals surface area contributed by atoms with Gasteiger partial charge in [-0.25, -0.2) is 5.57 Å². The number of aliphatic hydroxyl groups excluding tert-OH is 1. The third-order valence-corrected chi connectivity index (χ3v) is 5.86. The summed E-state index contributed by atoms with van der Waals surface area (Å²) in [6.07, 6.45) is 13.1. The fraction of sp³-hybridized carbons (Fsp3) is 0.667. The van der Waals surface area contributed by atoms with E-state index >= 15 is 0 Å². The van der Waals surface area contributed by atoms with Crippen molar-refractivity contribution in [3.05, 3.63) is 47.2 Å². The Morgan fingerprint density at radius 2 is 1.43 bits per heavy atom. The monoisotopic (exact) mass is 659 g/mol. The second kappa shape index (κ2) is 19.2. The number of benzene rings is 1. The van der Waals surface area contributed by atoms with Crippen LogP contribution in [0.15, 0.2) is 35.9 Å². The van der Waals surface area contributed by atoms with Gasteiger partial charge in [0, 0.05) is 6.10 Å². The molecular weight excluding hydrogens is 620 g/mol. The van der Waals surface area contributed by atoms with E-state index in [1.807, 2.05) is 6.07 Å². The Kier molecular flexibility index (Phi) is 19.7. The van der Waals surface area contributed by atoms with Crippen LogP contribution in [-0.2, 0) is 21.6 Å². The first kappa shape index (κ1) is 30.7. The van der Waals surface area contributed by atoms with Gasteiger partial charge in [-0.3, -0.25) is 0 Å². The first-order chi connectivity index (χ1) is 14.2. The summed E-state index contributed by atoms with van der Waals surface area (Å²) in [5, 5.41) is 10.8. The summed E-state index contributed by atoms with van der Waals surface area (Å²) in [7, 11) is 13.6.